The molecule has 0 radical (unpaired) electrons. The molecule has 0 amide bonds. The molecule has 1 heteroatoms. The highest BCUT2D eigenvalue weighted by Crippen LogP contribution is 2.38. The van der Waals surface area contributed by atoms with E-state index in [1.54, 1.807) is 0 Å². The summed E-state index contributed by atoms with van der Waals surface area (Å²) in [6.45, 7) is 6.10. The molecule has 1 N–H and O–H groups in total. The Balaban J connectivity index is 2.30. The number of hydrogen-bond acceptors (Lipinski definition) is 1. The van der Waals surface area contributed by atoms with Gasteiger partial charge in [0.25, 0.3) is 0 Å². The summed E-state index contributed by atoms with van der Waals surface area (Å²) in [7, 11) is 0. The van der Waals surface area contributed by atoms with E-state index in [1.807, 2.05) is 0 Å². The van der Waals surface area contributed by atoms with Gasteiger partial charge in [-0.25, -0.2) is 0 Å². The molecular weight excluding hydrogens is 172 g/mol. The van der Waals surface area contributed by atoms with Crippen LogP contribution < -0.4 is 0 Å². The molecule has 1 aromatic carbocycles. The van der Waals surface area contributed by atoms with E-state index in [-0.39, 0.29) is 12.0 Å². The average molecular weight is 188 g/mol. The molecule has 2 atom stereocenters. The molecule has 1 aliphatic carbocycles. The van der Waals surface area contributed by atoms with E-state index in [2.05, 4.69) is 37.8 Å². The molecular formula is C13H16O. The second-order valence-corrected chi connectivity index (χ2v) is 4.15. The van der Waals surface area contributed by atoms with Crippen molar-refractivity contribution in [1.82, 2.24) is 0 Å². The maximum Gasteiger partial charge on any atom is 0.0649 e. The normalized spacial score (nSPS) is 26.9. The van der Waals surface area contributed by atoms with Crippen molar-refractivity contribution >= 4 is 0 Å². The van der Waals surface area contributed by atoms with E-state index >= 15 is 0 Å². The number of hydrogen-bond donors (Lipinski definition) is 1. The molecule has 0 heterocycles. The summed E-state index contributed by atoms with van der Waals surface area (Å²) in [5.41, 5.74) is 3.62. The van der Waals surface area contributed by atoms with Crippen LogP contribution in [0.5, 0.6) is 0 Å². The second-order valence-electron chi connectivity index (χ2n) is 4.15. The third kappa shape index (κ3) is 1.60. The molecule has 1 nitrogen and oxygen atoms in total. The Morgan fingerprint density at radius 2 is 1.93 bits per heavy atom. The van der Waals surface area contributed by atoms with Crippen molar-refractivity contribution in [2.75, 3.05) is 0 Å². The van der Waals surface area contributed by atoms with Crippen LogP contribution in [0.1, 0.15) is 29.9 Å². The third-order valence-corrected chi connectivity index (χ3v) is 3.02. The molecule has 1 fully saturated rings. The highest BCUT2D eigenvalue weighted by Gasteiger charge is 2.29. The minimum Gasteiger partial charge on any atom is -0.392 e. The minimum atomic E-state index is -0.231. The molecule has 0 aromatic heterocycles. The Labute approximate surface area is 85.1 Å². The van der Waals surface area contributed by atoms with Gasteiger partial charge in [0.05, 0.1) is 6.10 Å². The molecule has 1 aliphatic rings. The van der Waals surface area contributed by atoms with Crippen LogP contribution in [0.15, 0.2) is 36.4 Å². The molecule has 1 saturated carbocycles. The van der Waals surface area contributed by atoms with Crippen LogP contribution in [0.2, 0.25) is 0 Å². The Morgan fingerprint density at radius 3 is 2.43 bits per heavy atom. The molecule has 1 aromatic rings. The van der Waals surface area contributed by atoms with Gasteiger partial charge in [-0.15, -0.1) is 0 Å². The van der Waals surface area contributed by atoms with E-state index in [0.717, 1.165) is 12.8 Å². The summed E-state index contributed by atoms with van der Waals surface area (Å²) < 4.78 is 0. The van der Waals surface area contributed by atoms with E-state index in [1.165, 1.54) is 16.7 Å². The summed E-state index contributed by atoms with van der Waals surface area (Å²) in [4.78, 5) is 0. The van der Waals surface area contributed by atoms with Crippen LogP contribution in [0, 0.1) is 6.92 Å². The number of benzene rings is 1. The summed E-state index contributed by atoms with van der Waals surface area (Å²) in [6, 6.07) is 8.38. The van der Waals surface area contributed by atoms with Crippen LogP contribution in [-0.4, -0.2) is 11.2 Å². The maximum atomic E-state index is 9.82. The zero-order chi connectivity index (χ0) is 10.1. The monoisotopic (exact) mass is 188 g/mol. The van der Waals surface area contributed by atoms with Gasteiger partial charge in [0.1, 0.15) is 0 Å². The lowest BCUT2D eigenvalue weighted by Crippen LogP contribution is -2.11. The highest BCUT2D eigenvalue weighted by molar-refractivity contribution is 5.33. The first-order valence-corrected chi connectivity index (χ1v) is 5.11. The first-order valence-electron chi connectivity index (χ1n) is 5.11. The highest BCUT2D eigenvalue weighted by atomic mass is 16.3. The summed E-state index contributed by atoms with van der Waals surface area (Å²) in [5.74, 6) is 0.163. The van der Waals surface area contributed by atoms with Gasteiger partial charge in [-0.2, -0.15) is 0 Å². The number of rotatable bonds is 1. The predicted octanol–water partition coefficient (Wildman–Crippen LogP) is 2.79. The fourth-order valence-corrected chi connectivity index (χ4v) is 2.16. The van der Waals surface area contributed by atoms with Gasteiger partial charge >= 0.3 is 0 Å². The largest absolute Gasteiger partial charge is 0.392 e. The molecule has 74 valence electrons. The minimum absolute atomic E-state index is 0.163. The van der Waals surface area contributed by atoms with Crippen molar-refractivity contribution in [3.63, 3.8) is 0 Å². The summed E-state index contributed by atoms with van der Waals surface area (Å²) in [5, 5.41) is 9.82. The number of aliphatic hydroxyl groups is 1. The van der Waals surface area contributed by atoms with Crippen LogP contribution in [0.4, 0.5) is 0 Å². The van der Waals surface area contributed by atoms with E-state index in [9.17, 15) is 5.11 Å². The van der Waals surface area contributed by atoms with Crippen LogP contribution >= 0.6 is 0 Å². The van der Waals surface area contributed by atoms with Gasteiger partial charge in [0.15, 0.2) is 0 Å². The fraction of sp³-hybridized carbons (Fsp3) is 0.385. The Kier molecular flexibility index (Phi) is 2.42. The smallest absolute Gasteiger partial charge is 0.0649 e. The van der Waals surface area contributed by atoms with Crippen molar-refractivity contribution in [3.05, 3.63) is 47.5 Å². The Morgan fingerprint density at radius 1 is 1.29 bits per heavy atom. The van der Waals surface area contributed by atoms with Crippen LogP contribution in [0.25, 0.3) is 0 Å². The second kappa shape index (κ2) is 3.58. The maximum absolute atomic E-state index is 9.82. The van der Waals surface area contributed by atoms with Gasteiger partial charge in [-0.3, -0.25) is 0 Å². The van der Waals surface area contributed by atoms with Gasteiger partial charge < -0.3 is 5.11 Å². The molecule has 0 saturated heterocycles. The summed E-state index contributed by atoms with van der Waals surface area (Å²) in [6.07, 6.45) is 1.59. The topological polar surface area (TPSA) is 20.2 Å². The predicted molar refractivity (Wildman–Crippen MR) is 58.3 cm³/mol. The van der Waals surface area contributed by atoms with Crippen molar-refractivity contribution < 1.29 is 5.11 Å². The van der Waals surface area contributed by atoms with Gasteiger partial charge in [0.2, 0.25) is 0 Å². The molecule has 2 rings (SSSR count). The molecule has 0 aliphatic heterocycles. The van der Waals surface area contributed by atoms with Gasteiger partial charge in [-0.1, -0.05) is 42.0 Å². The van der Waals surface area contributed by atoms with Crippen molar-refractivity contribution in [2.45, 2.75) is 31.8 Å². The van der Waals surface area contributed by atoms with E-state index in [4.69, 9.17) is 0 Å². The van der Waals surface area contributed by atoms with Gasteiger partial charge in [-0.05, 0) is 25.3 Å². The van der Waals surface area contributed by atoms with Gasteiger partial charge in [0, 0.05) is 5.92 Å². The van der Waals surface area contributed by atoms with Crippen molar-refractivity contribution in [3.8, 4) is 0 Å². The zero-order valence-electron chi connectivity index (χ0n) is 8.53. The molecule has 0 unspecified atom stereocenters. The number of aryl methyl sites for hydroxylation is 1. The molecule has 14 heavy (non-hydrogen) atoms. The lowest BCUT2D eigenvalue weighted by molar-refractivity contribution is 0.169. The Hall–Kier alpha value is -1.08. The van der Waals surface area contributed by atoms with Crippen LogP contribution in [0.3, 0.4) is 0 Å². The first-order chi connectivity index (χ1) is 6.68. The van der Waals surface area contributed by atoms with Crippen molar-refractivity contribution in [2.24, 2.45) is 0 Å². The third-order valence-electron chi connectivity index (χ3n) is 3.02. The van der Waals surface area contributed by atoms with E-state index < -0.39 is 0 Å². The van der Waals surface area contributed by atoms with Crippen LogP contribution in [-0.2, 0) is 0 Å². The molecule has 0 spiro atoms. The standard InChI is InChI=1S/C13H16O/c1-9-3-6-11(7-4-9)13-10(2)5-8-12(13)14/h3-4,6-7,12-14H,2,5,8H2,1H3/t12-,13-/m1/s1. The van der Waals surface area contributed by atoms with Crippen molar-refractivity contribution in [1.29, 1.82) is 0 Å². The first kappa shape index (κ1) is 9.47. The lowest BCUT2D eigenvalue weighted by Gasteiger charge is -2.16. The average Bonchev–Trinajstić information content (AvgIpc) is 2.49. The fourth-order valence-electron chi connectivity index (χ4n) is 2.16. The SMILES string of the molecule is C=C1CC[C@@H](O)[C@H]1c1ccc(C)cc1. The quantitative estimate of drug-likeness (QED) is 0.672. The number of aliphatic hydroxyl groups excluding tert-OH is 1. The van der Waals surface area contributed by atoms with E-state index in [0.29, 0.717) is 0 Å². The Bertz CT molecular complexity index is 337. The zero-order valence-corrected chi connectivity index (χ0v) is 8.53. The lowest BCUT2D eigenvalue weighted by atomic mass is 9.92. The molecule has 0 bridgehead atoms. The summed E-state index contributed by atoms with van der Waals surface area (Å²) >= 11 is 0.